The minimum Gasteiger partial charge on any atom is -0.387 e. The standard InChI is InChI=1S/C12H25N3/c1-10(2)12(13)14-8-9-15(3)11-6-4-5-7-11/h10-11H,4-9H2,1-3H3,(H2,13,14). The molecule has 0 radical (unpaired) electrons. The highest BCUT2D eigenvalue weighted by Crippen LogP contribution is 2.21. The zero-order chi connectivity index (χ0) is 11.3. The molecule has 1 saturated carbocycles. The van der Waals surface area contributed by atoms with Crippen LogP contribution in [0.15, 0.2) is 4.99 Å². The maximum absolute atomic E-state index is 5.79. The van der Waals surface area contributed by atoms with E-state index in [4.69, 9.17) is 5.73 Å². The summed E-state index contributed by atoms with van der Waals surface area (Å²) in [7, 11) is 2.21. The summed E-state index contributed by atoms with van der Waals surface area (Å²) in [6, 6.07) is 0.792. The fourth-order valence-electron chi connectivity index (χ4n) is 2.05. The first-order valence-corrected chi connectivity index (χ1v) is 6.11. The number of hydrogen-bond donors (Lipinski definition) is 1. The van der Waals surface area contributed by atoms with Crippen LogP contribution in [0.1, 0.15) is 39.5 Å². The van der Waals surface area contributed by atoms with Crippen molar-refractivity contribution in [3.05, 3.63) is 0 Å². The Hall–Kier alpha value is -0.570. The van der Waals surface area contributed by atoms with Gasteiger partial charge in [-0.15, -0.1) is 0 Å². The second-order valence-electron chi connectivity index (χ2n) is 4.88. The first-order valence-electron chi connectivity index (χ1n) is 6.11. The van der Waals surface area contributed by atoms with Crippen molar-refractivity contribution in [3.8, 4) is 0 Å². The molecule has 1 fully saturated rings. The Morgan fingerprint density at radius 2 is 2.00 bits per heavy atom. The molecule has 3 heteroatoms. The molecule has 0 heterocycles. The molecule has 15 heavy (non-hydrogen) atoms. The van der Waals surface area contributed by atoms with Crippen LogP contribution in [0, 0.1) is 5.92 Å². The van der Waals surface area contributed by atoms with Crippen LogP contribution in [0.4, 0.5) is 0 Å². The Morgan fingerprint density at radius 3 is 2.53 bits per heavy atom. The summed E-state index contributed by atoms with van der Waals surface area (Å²) >= 11 is 0. The number of likely N-dealkylation sites (N-methyl/N-ethyl adjacent to an activating group) is 1. The molecule has 0 unspecified atom stereocenters. The molecule has 0 aliphatic heterocycles. The van der Waals surface area contributed by atoms with Gasteiger partial charge in [0.1, 0.15) is 0 Å². The van der Waals surface area contributed by atoms with Gasteiger partial charge >= 0.3 is 0 Å². The summed E-state index contributed by atoms with van der Waals surface area (Å²) in [4.78, 5) is 6.82. The minimum atomic E-state index is 0.377. The van der Waals surface area contributed by atoms with Gasteiger partial charge in [-0.25, -0.2) is 0 Å². The van der Waals surface area contributed by atoms with E-state index in [-0.39, 0.29) is 0 Å². The molecular formula is C12H25N3. The Morgan fingerprint density at radius 1 is 1.40 bits per heavy atom. The predicted octanol–water partition coefficient (Wildman–Crippen LogP) is 1.87. The van der Waals surface area contributed by atoms with E-state index in [2.05, 4.69) is 30.8 Å². The van der Waals surface area contributed by atoms with E-state index in [1.807, 2.05) is 0 Å². The summed E-state index contributed by atoms with van der Waals surface area (Å²) in [6.07, 6.45) is 5.51. The van der Waals surface area contributed by atoms with Gasteiger partial charge in [-0.3, -0.25) is 4.99 Å². The quantitative estimate of drug-likeness (QED) is 0.557. The van der Waals surface area contributed by atoms with Crippen molar-refractivity contribution in [1.82, 2.24) is 4.90 Å². The Bertz CT molecular complexity index is 205. The molecule has 0 bridgehead atoms. The van der Waals surface area contributed by atoms with Crippen LogP contribution in [0.3, 0.4) is 0 Å². The maximum atomic E-state index is 5.79. The molecule has 3 nitrogen and oxygen atoms in total. The zero-order valence-corrected chi connectivity index (χ0v) is 10.4. The number of aliphatic imine (C=N–C) groups is 1. The van der Waals surface area contributed by atoms with Crippen molar-refractivity contribution in [1.29, 1.82) is 0 Å². The molecule has 2 N–H and O–H groups in total. The van der Waals surface area contributed by atoms with E-state index in [1.165, 1.54) is 25.7 Å². The van der Waals surface area contributed by atoms with E-state index >= 15 is 0 Å². The molecule has 0 aromatic carbocycles. The molecule has 0 saturated heterocycles. The molecule has 1 aliphatic carbocycles. The van der Waals surface area contributed by atoms with Gasteiger partial charge in [-0.05, 0) is 19.9 Å². The fraction of sp³-hybridized carbons (Fsp3) is 0.917. The van der Waals surface area contributed by atoms with Gasteiger partial charge in [0, 0.05) is 18.5 Å². The lowest BCUT2D eigenvalue weighted by atomic mass is 10.2. The molecular weight excluding hydrogens is 186 g/mol. The summed E-state index contributed by atoms with van der Waals surface area (Å²) in [6.45, 7) is 6.05. The summed E-state index contributed by atoms with van der Waals surface area (Å²) in [5.41, 5.74) is 5.79. The van der Waals surface area contributed by atoms with Gasteiger partial charge in [0.05, 0.1) is 12.4 Å². The molecule has 1 aliphatic rings. The monoisotopic (exact) mass is 211 g/mol. The predicted molar refractivity (Wildman–Crippen MR) is 66.2 cm³/mol. The van der Waals surface area contributed by atoms with Crippen LogP contribution in [0.5, 0.6) is 0 Å². The van der Waals surface area contributed by atoms with E-state index < -0.39 is 0 Å². The third-order valence-corrected chi connectivity index (χ3v) is 3.29. The van der Waals surface area contributed by atoms with Crippen molar-refractivity contribution in [2.24, 2.45) is 16.6 Å². The van der Waals surface area contributed by atoms with Crippen LogP contribution >= 0.6 is 0 Å². The molecule has 0 atom stereocenters. The van der Waals surface area contributed by atoms with Crippen molar-refractivity contribution >= 4 is 5.84 Å². The summed E-state index contributed by atoms with van der Waals surface area (Å²) in [5, 5.41) is 0. The number of rotatable bonds is 5. The highest BCUT2D eigenvalue weighted by Gasteiger charge is 2.18. The van der Waals surface area contributed by atoms with Gasteiger partial charge in [0.15, 0.2) is 0 Å². The highest BCUT2D eigenvalue weighted by molar-refractivity contribution is 5.82. The molecule has 0 aromatic rings. The zero-order valence-electron chi connectivity index (χ0n) is 10.4. The van der Waals surface area contributed by atoms with Gasteiger partial charge in [-0.2, -0.15) is 0 Å². The lowest BCUT2D eigenvalue weighted by Gasteiger charge is -2.23. The van der Waals surface area contributed by atoms with Crippen molar-refractivity contribution in [2.45, 2.75) is 45.6 Å². The Kier molecular flexibility index (Phi) is 5.09. The largest absolute Gasteiger partial charge is 0.387 e. The van der Waals surface area contributed by atoms with E-state index in [0.29, 0.717) is 5.92 Å². The van der Waals surface area contributed by atoms with Gasteiger partial charge in [0.25, 0.3) is 0 Å². The second-order valence-corrected chi connectivity index (χ2v) is 4.88. The molecule has 88 valence electrons. The number of hydrogen-bond acceptors (Lipinski definition) is 2. The van der Waals surface area contributed by atoms with E-state index in [0.717, 1.165) is 25.0 Å². The smallest absolute Gasteiger partial charge is 0.0963 e. The fourth-order valence-corrected chi connectivity index (χ4v) is 2.05. The molecule has 1 rings (SSSR count). The minimum absolute atomic E-state index is 0.377. The number of nitrogens with two attached hydrogens (primary N) is 1. The highest BCUT2D eigenvalue weighted by atomic mass is 15.1. The van der Waals surface area contributed by atoms with Crippen LogP contribution in [-0.2, 0) is 0 Å². The van der Waals surface area contributed by atoms with Crippen molar-refractivity contribution in [3.63, 3.8) is 0 Å². The SMILES string of the molecule is CC(C)C(N)=NCCN(C)C1CCCC1. The summed E-state index contributed by atoms with van der Waals surface area (Å²) in [5.74, 6) is 1.16. The topological polar surface area (TPSA) is 41.6 Å². The Balaban J connectivity index is 2.21. The van der Waals surface area contributed by atoms with E-state index in [1.54, 1.807) is 0 Å². The molecule has 0 aromatic heterocycles. The van der Waals surface area contributed by atoms with Crippen molar-refractivity contribution < 1.29 is 0 Å². The Labute approximate surface area is 93.7 Å². The normalized spacial score (nSPS) is 19.4. The third-order valence-electron chi connectivity index (χ3n) is 3.29. The van der Waals surface area contributed by atoms with Crippen LogP contribution in [-0.4, -0.2) is 36.9 Å². The van der Waals surface area contributed by atoms with Crippen LogP contribution < -0.4 is 5.73 Å². The number of amidine groups is 1. The van der Waals surface area contributed by atoms with Crippen molar-refractivity contribution in [2.75, 3.05) is 20.1 Å². The molecule has 0 amide bonds. The van der Waals surface area contributed by atoms with Gasteiger partial charge in [-0.1, -0.05) is 26.7 Å². The summed E-state index contributed by atoms with van der Waals surface area (Å²) < 4.78 is 0. The van der Waals surface area contributed by atoms with Gasteiger partial charge < -0.3 is 10.6 Å². The first kappa shape index (κ1) is 12.5. The van der Waals surface area contributed by atoms with Crippen LogP contribution in [0.2, 0.25) is 0 Å². The maximum Gasteiger partial charge on any atom is 0.0963 e. The first-order chi connectivity index (χ1) is 7.11. The number of nitrogens with zero attached hydrogens (tertiary/aromatic N) is 2. The lowest BCUT2D eigenvalue weighted by molar-refractivity contribution is 0.252. The third kappa shape index (κ3) is 4.20. The lowest BCUT2D eigenvalue weighted by Crippen LogP contribution is -2.32. The average molecular weight is 211 g/mol. The average Bonchev–Trinajstić information content (AvgIpc) is 2.70. The van der Waals surface area contributed by atoms with Gasteiger partial charge in [0.2, 0.25) is 0 Å². The molecule has 0 spiro atoms. The van der Waals surface area contributed by atoms with Crippen LogP contribution in [0.25, 0.3) is 0 Å². The van der Waals surface area contributed by atoms with E-state index in [9.17, 15) is 0 Å². The second kappa shape index (κ2) is 6.11.